The Morgan fingerprint density at radius 1 is 0.696 bits per heavy atom. The molecule has 2 heteroatoms. The van der Waals surface area contributed by atoms with E-state index in [1.54, 1.807) is 6.07 Å². The number of para-hydroxylation sites is 1. The third-order valence-electron chi connectivity index (χ3n) is 4.13. The second-order valence-corrected chi connectivity index (χ2v) is 5.67. The van der Waals surface area contributed by atoms with Crippen LogP contribution in [0.25, 0.3) is 12.2 Å². The van der Waals surface area contributed by atoms with Crippen molar-refractivity contribution in [2.75, 3.05) is 4.90 Å². The van der Waals surface area contributed by atoms with Crippen molar-refractivity contribution in [1.29, 1.82) is 0 Å². The monoisotopic (exact) mass is 301 g/mol. The first-order valence-corrected chi connectivity index (χ1v) is 7.69. The van der Waals surface area contributed by atoms with Crippen LogP contribution in [0.2, 0.25) is 0 Å². The molecule has 1 heterocycles. The fourth-order valence-corrected chi connectivity index (χ4v) is 3.02. The summed E-state index contributed by atoms with van der Waals surface area (Å²) in [5.41, 5.74) is 5.42. The molecule has 0 spiro atoms. The highest BCUT2D eigenvalue weighted by Crippen LogP contribution is 2.37. The molecular formula is C21H16FN. The number of benzene rings is 3. The highest BCUT2D eigenvalue weighted by Gasteiger charge is 2.18. The normalized spacial score (nSPS) is 12.5. The fourth-order valence-electron chi connectivity index (χ4n) is 3.02. The zero-order valence-electron chi connectivity index (χ0n) is 12.6. The predicted molar refractivity (Wildman–Crippen MR) is 94.1 cm³/mol. The standard InChI is InChI=1S/C21H16FN/c22-19-12-13-21-18(14-19)11-10-17-8-4-5-9-20(17)23(21)15-16-6-2-1-3-7-16/h1-14H,15H2. The Hall–Kier alpha value is -2.87. The lowest BCUT2D eigenvalue weighted by atomic mass is 10.1. The van der Waals surface area contributed by atoms with Gasteiger partial charge in [0, 0.05) is 23.5 Å². The van der Waals surface area contributed by atoms with Gasteiger partial charge in [0.15, 0.2) is 0 Å². The van der Waals surface area contributed by atoms with E-state index in [1.165, 1.54) is 11.6 Å². The van der Waals surface area contributed by atoms with Crippen molar-refractivity contribution in [3.05, 3.63) is 95.3 Å². The summed E-state index contributed by atoms with van der Waals surface area (Å²) in [6.45, 7) is 0.748. The van der Waals surface area contributed by atoms with Crippen LogP contribution in [0.4, 0.5) is 15.8 Å². The number of fused-ring (bicyclic) bond motifs is 2. The third-order valence-corrected chi connectivity index (χ3v) is 4.13. The fraction of sp³-hybridized carbons (Fsp3) is 0.0476. The van der Waals surface area contributed by atoms with Gasteiger partial charge >= 0.3 is 0 Å². The van der Waals surface area contributed by atoms with Crippen LogP contribution in [0, 0.1) is 5.82 Å². The lowest BCUT2D eigenvalue weighted by Crippen LogP contribution is -2.17. The molecule has 0 aromatic heterocycles. The van der Waals surface area contributed by atoms with E-state index >= 15 is 0 Å². The number of nitrogens with zero attached hydrogens (tertiary/aromatic N) is 1. The number of rotatable bonds is 2. The molecule has 3 aromatic carbocycles. The smallest absolute Gasteiger partial charge is 0.123 e. The van der Waals surface area contributed by atoms with Crippen LogP contribution in [0.3, 0.4) is 0 Å². The summed E-state index contributed by atoms with van der Waals surface area (Å²) in [4.78, 5) is 2.25. The molecule has 4 rings (SSSR count). The van der Waals surface area contributed by atoms with E-state index in [0.29, 0.717) is 0 Å². The van der Waals surface area contributed by atoms with Gasteiger partial charge in [-0.3, -0.25) is 0 Å². The molecule has 3 aromatic rings. The second kappa shape index (κ2) is 5.73. The first-order valence-electron chi connectivity index (χ1n) is 7.69. The number of anilines is 2. The Kier molecular flexibility index (Phi) is 3.43. The van der Waals surface area contributed by atoms with Crippen LogP contribution in [-0.2, 0) is 6.54 Å². The molecule has 0 radical (unpaired) electrons. The maximum absolute atomic E-state index is 13.7. The molecule has 0 amide bonds. The zero-order valence-corrected chi connectivity index (χ0v) is 12.6. The Morgan fingerprint density at radius 2 is 1.39 bits per heavy atom. The van der Waals surface area contributed by atoms with Crippen LogP contribution in [0.15, 0.2) is 72.8 Å². The predicted octanol–water partition coefficient (Wildman–Crippen LogP) is 5.65. The molecule has 0 N–H and O–H groups in total. The van der Waals surface area contributed by atoms with Gasteiger partial charge in [0.25, 0.3) is 0 Å². The minimum atomic E-state index is -0.209. The summed E-state index contributed by atoms with van der Waals surface area (Å²) >= 11 is 0. The average Bonchev–Trinajstić information content (AvgIpc) is 2.73. The largest absolute Gasteiger partial charge is 0.336 e. The van der Waals surface area contributed by atoms with Crippen LogP contribution in [-0.4, -0.2) is 0 Å². The van der Waals surface area contributed by atoms with Crippen LogP contribution in [0.5, 0.6) is 0 Å². The maximum Gasteiger partial charge on any atom is 0.123 e. The average molecular weight is 301 g/mol. The van der Waals surface area contributed by atoms with Crippen LogP contribution in [0.1, 0.15) is 16.7 Å². The van der Waals surface area contributed by atoms with E-state index in [4.69, 9.17) is 0 Å². The van der Waals surface area contributed by atoms with Gasteiger partial charge < -0.3 is 4.90 Å². The molecule has 1 aliphatic rings. The number of halogens is 1. The van der Waals surface area contributed by atoms with Gasteiger partial charge in [0.2, 0.25) is 0 Å². The van der Waals surface area contributed by atoms with Crippen molar-refractivity contribution >= 4 is 23.5 Å². The van der Waals surface area contributed by atoms with Gasteiger partial charge in [-0.15, -0.1) is 0 Å². The van der Waals surface area contributed by atoms with E-state index in [2.05, 4.69) is 35.2 Å². The minimum absolute atomic E-state index is 0.209. The molecule has 1 aliphatic heterocycles. The van der Waals surface area contributed by atoms with Crippen molar-refractivity contribution in [3.63, 3.8) is 0 Å². The SMILES string of the molecule is Fc1ccc2c(c1)C=Cc1ccccc1N2Cc1ccccc1. The summed E-state index contributed by atoms with van der Waals surface area (Å²) in [5, 5.41) is 0. The van der Waals surface area contributed by atoms with Gasteiger partial charge in [-0.25, -0.2) is 4.39 Å². The molecule has 0 bridgehead atoms. The van der Waals surface area contributed by atoms with Gasteiger partial charge in [-0.2, -0.15) is 0 Å². The molecule has 1 nitrogen and oxygen atoms in total. The van der Waals surface area contributed by atoms with E-state index in [0.717, 1.165) is 29.0 Å². The Morgan fingerprint density at radius 3 is 2.26 bits per heavy atom. The van der Waals surface area contributed by atoms with Crippen LogP contribution >= 0.6 is 0 Å². The summed E-state index contributed by atoms with van der Waals surface area (Å²) in [5.74, 6) is -0.209. The molecule has 0 unspecified atom stereocenters. The number of hydrogen-bond acceptors (Lipinski definition) is 1. The van der Waals surface area contributed by atoms with Gasteiger partial charge in [-0.1, -0.05) is 60.7 Å². The molecule has 0 atom stereocenters. The lowest BCUT2D eigenvalue weighted by Gasteiger charge is -2.27. The lowest BCUT2D eigenvalue weighted by molar-refractivity contribution is 0.627. The van der Waals surface area contributed by atoms with Crippen molar-refractivity contribution < 1.29 is 4.39 Å². The molecule has 112 valence electrons. The molecule has 0 aliphatic carbocycles. The van der Waals surface area contributed by atoms with Crippen molar-refractivity contribution in [2.24, 2.45) is 0 Å². The van der Waals surface area contributed by atoms with Gasteiger partial charge in [0.1, 0.15) is 5.82 Å². The van der Waals surface area contributed by atoms with Crippen LogP contribution < -0.4 is 4.90 Å². The Bertz CT molecular complexity index is 868. The number of hydrogen-bond donors (Lipinski definition) is 0. The van der Waals surface area contributed by atoms with E-state index in [1.807, 2.05) is 42.5 Å². The minimum Gasteiger partial charge on any atom is -0.336 e. The third kappa shape index (κ3) is 2.64. The topological polar surface area (TPSA) is 3.24 Å². The first-order chi connectivity index (χ1) is 11.3. The summed E-state index contributed by atoms with van der Waals surface area (Å²) in [7, 11) is 0. The van der Waals surface area contributed by atoms with E-state index in [9.17, 15) is 4.39 Å². The van der Waals surface area contributed by atoms with Crippen molar-refractivity contribution in [1.82, 2.24) is 0 Å². The highest BCUT2D eigenvalue weighted by atomic mass is 19.1. The second-order valence-electron chi connectivity index (χ2n) is 5.67. The Labute approximate surface area is 135 Å². The molecular weight excluding hydrogens is 285 g/mol. The maximum atomic E-state index is 13.7. The van der Waals surface area contributed by atoms with Gasteiger partial charge in [0.05, 0.1) is 0 Å². The van der Waals surface area contributed by atoms with E-state index in [-0.39, 0.29) is 5.82 Å². The summed E-state index contributed by atoms with van der Waals surface area (Å²) in [6.07, 6.45) is 4.04. The first kappa shape index (κ1) is 13.8. The van der Waals surface area contributed by atoms with E-state index < -0.39 is 0 Å². The highest BCUT2D eigenvalue weighted by molar-refractivity contribution is 5.88. The molecule has 0 saturated heterocycles. The molecule has 23 heavy (non-hydrogen) atoms. The van der Waals surface area contributed by atoms with Crippen molar-refractivity contribution in [2.45, 2.75) is 6.54 Å². The molecule has 0 fully saturated rings. The van der Waals surface area contributed by atoms with Crippen molar-refractivity contribution in [3.8, 4) is 0 Å². The molecule has 0 saturated carbocycles. The zero-order chi connectivity index (χ0) is 15.6. The Balaban J connectivity index is 1.87. The summed E-state index contributed by atoms with van der Waals surface area (Å²) in [6, 6.07) is 23.6. The van der Waals surface area contributed by atoms with Gasteiger partial charge in [-0.05, 0) is 35.4 Å². The summed E-state index contributed by atoms with van der Waals surface area (Å²) < 4.78 is 13.7. The quantitative estimate of drug-likeness (QED) is 0.591.